The average molecular weight is 492 g/mol. The molecule has 0 spiro atoms. The molecular weight excluding hydrogens is 462 g/mol. The summed E-state index contributed by atoms with van der Waals surface area (Å²) in [6.45, 7) is 4.37. The van der Waals surface area contributed by atoms with Gasteiger partial charge in [-0.1, -0.05) is 38.5 Å². The molecule has 0 bridgehead atoms. The van der Waals surface area contributed by atoms with Gasteiger partial charge in [0.2, 0.25) is 5.91 Å². The largest absolute Gasteiger partial charge is 0.493 e. The maximum atomic E-state index is 12.8. The summed E-state index contributed by atoms with van der Waals surface area (Å²) in [5.74, 6) is 1.07. The van der Waals surface area contributed by atoms with Crippen LogP contribution in [-0.2, 0) is 11.2 Å². The summed E-state index contributed by atoms with van der Waals surface area (Å²) in [5.41, 5.74) is 1.65. The number of anilines is 1. The molecule has 0 heterocycles. The minimum absolute atomic E-state index is 0.0222. The normalized spacial score (nSPS) is 12.4. The summed E-state index contributed by atoms with van der Waals surface area (Å²) in [5, 5.41) is 8.51. The van der Waals surface area contributed by atoms with Crippen molar-refractivity contribution in [1.82, 2.24) is 10.6 Å². The fourth-order valence-electron chi connectivity index (χ4n) is 3.04. The molecule has 2 rings (SSSR count). The van der Waals surface area contributed by atoms with Gasteiger partial charge in [0.05, 0.1) is 19.9 Å². The lowest BCUT2D eigenvalue weighted by molar-refractivity contribution is -0.124. The van der Waals surface area contributed by atoms with Crippen LogP contribution in [0.15, 0.2) is 46.9 Å². The van der Waals surface area contributed by atoms with Crippen LogP contribution in [0.5, 0.6) is 11.5 Å². The van der Waals surface area contributed by atoms with Crippen molar-refractivity contribution >= 4 is 33.6 Å². The maximum Gasteiger partial charge on any atom is 0.319 e. The fourth-order valence-corrected chi connectivity index (χ4v) is 3.42. The molecule has 0 aliphatic rings. The van der Waals surface area contributed by atoms with Gasteiger partial charge in [-0.2, -0.15) is 0 Å². The van der Waals surface area contributed by atoms with Gasteiger partial charge in [-0.25, -0.2) is 4.79 Å². The zero-order valence-electron chi connectivity index (χ0n) is 18.3. The lowest BCUT2D eigenvalue weighted by atomic mass is 9.98. The lowest BCUT2D eigenvalue weighted by Gasteiger charge is -2.24. The topological polar surface area (TPSA) is 88.7 Å². The van der Waals surface area contributed by atoms with Crippen LogP contribution < -0.4 is 25.4 Å². The van der Waals surface area contributed by atoms with E-state index in [-0.39, 0.29) is 11.8 Å². The van der Waals surface area contributed by atoms with Crippen LogP contribution in [0.2, 0.25) is 0 Å². The second-order valence-corrected chi connectivity index (χ2v) is 8.03. The summed E-state index contributed by atoms with van der Waals surface area (Å²) in [6, 6.07) is 11.9. The van der Waals surface area contributed by atoms with Crippen LogP contribution in [0.3, 0.4) is 0 Å². The summed E-state index contributed by atoms with van der Waals surface area (Å²) >= 11 is 3.40. The number of carbonyl (C=O) groups excluding carboxylic acids is 2. The first-order valence-corrected chi connectivity index (χ1v) is 11.0. The molecule has 0 aromatic heterocycles. The van der Waals surface area contributed by atoms with E-state index in [1.54, 1.807) is 20.3 Å². The minimum Gasteiger partial charge on any atom is -0.493 e. The van der Waals surface area contributed by atoms with Crippen molar-refractivity contribution in [3.8, 4) is 11.5 Å². The number of nitrogens with one attached hydrogen (secondary N) is 3. The Kier molecular flexibility index (Phi) is 9.65. The first-order valence-electron chi connectivity index (χ1n) is 10.2. The van der Waals surface area contributed by atoms with E-state index in [0.717, 1.165) is 16.5 Å². The Morgan fingerprint density at radius 3 is 2.42 bits per heavy atom. The van der Waals surface area contributed by atoms with Crippen LogP contribution >= 0.6 is 15.9 Å². The van der Waals surface area contributed by atoms with Gasteiger partial charge < -0.3 is 25.4 Å². The number of hydrogen-bond donors (Lipinski definition) is 3. The third-order valence-electron chi connectivity index (χ3n) is 5.06. The molecule has 2 aromatic carbocycles. The Bertz CT molecular complexity index is 891. The fraction of sp³-hybridized carbons (Fsp3) is 0.391. The van der Waals surface area contributed by atoms with Crippen molar-refractivity contribution in [2.45, 2.75) is 32.7 Å². The Morgan fingerprint density at radius 2 is 1.77 bits per heavy atom. The van der Waals surface area contributed by atoms with E-state index in [9.17, 15) is 9.59 Å². The second-order valence-electron chi connectivity index (χ2n) is 7.17. The molecule has 0 saturated heterocycles. The third-order valence-corrected chi connectivity index (χ3v) is 5.76. The van der Waals surface area contributed by atoms with E-state index in [1.807, 2.05) is 50.2 Å². The molecule has 0 radical (unpaired) electrons. The van der Waals surface area contributed by atoms with Crippen LogP contribution in [-0.4, -0.2) is 38.7 Å². The Morgan fingerprint density at radius 1 is 1.06 bits per heavy atom. The highest BCUT2D eigenvalue weighted by molar-refractivity contribution is 9.10. The third kappa shape index (κ3) is 7.17. The molecule has 0 fully saturated rings. The number of rotatable bonds is 10. The number of urea groups is 1. The van der Waals surface area contributed by atoms with Gasteiger partial charge in [-0.05, 0) is 58.1 Å². The van der Waals surface area contributed by atoms with Crippen LogP contribution in [0.1, 0.15) is 25.8 Å². The highest BCUT2D eigenvalue weighted by Crippen LogP contribution is 2.27. The summed E-state index contributed by atoms with van der Waals surface area (Å²) in [4.78, 5) is 25.3. The van der Waals surface area contributed by atoms with Gasteiger partial charge in [0, 0.05) is 11.0 Å². The molecule has 2 atom stereocenters. The standard InChI is InChI=1S/C23H30BrN3O4/c1-5-15(2)21(27-23(29)26-18-9-7-6-8-17(18)24)22(28)25-13-12-16-10-11-19(30-3)20(14-16)31-4/h6-11,14-15,21H,5,12-13H2,1-4H3,(H,25,28)(H2,26,27,29). The van der Waals surface area contributed by atoms with E-state index < -0.39 is 12.1 Å². The number of ether oxygens (including phenoxy) is 2. The van der Waals surface area contributed by atoms with Crippen molar-refractivity contribution in [3.63, 3.8) is 0 Å². The predicted octanol–water partition coefficient (Wildman–Crippen LogP) is 4.36. The second kappa shape index (κ2) is 12.2. The van der Waals surface area contributed by atoms with Crippen molar-refractivity contribution in [3.05, 3.63) is 52.5 Å². The zero-order chi connectivity index (χ0) is 22.8. The molecule has 8 heteroatoms. The molecule has 0 aliphatic carbocycles. The van der Waals surface area contributed by atoms with Gasteiger partial charge >= 0.3 is 6.03 Å². The molecule has 3 amide bonds. The molecular formula is C23H30BrN3O4. The Hall–Kier alpha value is -2.74. The molecule has 168 valence electrons. The smallest absolute Gasteiger partial charge is 0.319 e. The van der Waals surface area contributed by atoms with Gasteiger partial charge in [0.1, 0.15) is 6.04 Å². The number of amides is 3. The number of para-hydroxylation sites is 1. The maximum absolute atomic E-state index is 12.8. The molecule has 7 nitrogen and oxygen atoms in total. The van der Waals surface area contributed by atoms with Gasteiger partial charge in [0.25, 0.3) is 0 Å². The van der Waals surface area contributed by atoms with Crippen molar-refractivity contribution in [2.24, 2.45) is 5.92 Å². The number of benzene rings is 2. The molecule has 0 aliphatic heterocycles. The van der Waals surface area contributed by atoms with E-state index in [1.165, 1.54) is 0 Å². The van der Waals surface area contributed by atoms with E-state index >= 15 is 0 Å². The molecule has 2 aromatic rings. The van der Waals surface area contributed by atoms with E-state index in [2.05, 4.69) is 31.9 Å². The van der Waals surface area contributed by atoms with Crippen molar-refractivity contribution < 1.29 is 19.1 Å². The number of methoxy groups -OCH3 is 2. The quantitative estimate of drug-likeness (QED) is 0.460. The first-order chi connectivity index (χ1) is 14.9. The SMILES string of the molecule is CCC(C)C(NC(=O)Nc1ccccc1Br)C(=O)NCCc1ccc(OC)c(OC)c1. The van der Waals surface area contributed by atoms with E-state index in [0.29, 0.717) is 30.2 Å². The lowest BCUT2D eigenvalue weighted by Crippen LogP contribution is -2.51. The predicted molar refractivity (Wildman–Crippen MR) is 126 cm³/mol. The summed E-state index contributed by atoms with van der Waals surface area (Å²) in [6.07, 6.45) is 1.38. The zero-order valence-corrected chi connectivity index (χ0v) is 19.9. The van der Waals surface area contributed by atoms with E-state index in [4.69, 9.17) is 9.47 Å². The van der Waals surface area contributed by atoms with Crippen molar-refractivity contribution in [1.29, 1.82) is 0 Å². The van der Waals surface area contributed by atoms with Crippen LogP contribution in [0.4, 0.5) is 10.5 Å². The molecule has 0 saturated carbocycles. The van der Waals surface area contributed by atoms with Crippen LogP contribution in [0, 0.1) is 5.92 Å². The highest BCUT2D eigenvalue weighted by atomic mass is 79.9. The molecule has 3 N–H and O–H groups in total. The highest BCUT2D eigenvalue weighted by Gasteiger charge is 2.25. The minimum atomic E-state index is -0.641. The monoisotopic (exact) mass is 491 g/mol. The van der Waals surface area contributed by atoms with Crippen molar-refractivity contribution in [2.75, 3.05) is 26.1 Å². The molecule has 31 heavy (non-hydrogen) atoms. The average Bonchev–Trinajstić information content (AvgIpc) is 2.78. The van der Waals surface area contributed by atoms with Gasteiger partial charge in [-0.15, -0.1) is 0 Å². The summed E-state index contributed by atoms with van der Waals surface area (Å²) < 4.78 is 11.3. The van der Waals surface area contributed by atoms with Gasteiger partial charge in [0.15, 0.2) is 11.5 Å². The number of halogens is 1. The Labute approximate surface area is 192 Å². The van der Waals surface area contributed by atoms with Crippen LogP contribution in [0.25, 0.3) is 0 Å². The number of carbonyl (C=O) groups is 2. The van der Waals surface area contributed by atoms with Gasteiger partial charge in [-0.3, -0.25) is 4.79 Å². The summed E-state index contributed by atoms with van der Waals surface area (Å²) in [7, 11) is 3.18. The number of hydrogen-bond acceptors (Lipinski definition) is 4. The molecule has 2 unspecified atom stereocenters. The Balaban J connectivity index is 1.95. The first kappa shape index (κ1) is 24.5.